The minimum absolute atomic E-state index is 0.0526. The average molecular weight is 292 g/mol. The first kappa shape index (κ1) is 13.6. The van der Waals surface area contributed by atoms with E-state index in [-0.39, 0.29) is 27.9 Å². The molecule has 1 aromatic rings. The summed E-state index contributed by atoms with van der Waals surface area (Å²) in [6, 6.07) is 2.32. The third-order valence-electron chi connectivity index (χ3n) is 2.68. The van der Waals surface area contributed by atoms with Crippen LogP contribution in [0.4, 0.5) is 8.78 Å². The van der Waals surface area contributed by atoms with Gasteiger partial charge in [-0.25, -0.2) is 8.78 Å². The maximum Gasteiger partial charge on any atom is 0.143 e. The monoisotopic (exact) mass is 291 g/mol. The van der Waals surface area contributed by atoms with Gasteiger partial charge in [-0.15, -0.1) is 0 Å². The third-order valence-corrected chi connectivity index (χ3v) is 3.29. The van der Waals surface area contributed by atoms with Crippen molar-refractivity contribution < 1.29 is 8.78 Å². The highest BCUT2D eigenvalue weighted by molar-refractivity contribution is 9.10. The highest BCUT2D eigenvalue weighted by atomic mass is 79.9. The van der Waals surface area contributed by atoms with E-state index < -0.39 is 11.6 Å². The molecule has 0 heterocycles. The summed E-state index contributed by atoms with van der Waals surface area (Å²) in [6.07, 6.45) is 0.195. The maximum atomic E-state index is 13.7. The minimum atomic E-state index is -0.556. The molecule has 0 saturated carbocycles. The lowest BCUT2D eigenvalue weighted by Gasteiger charge is -2.27. The van der Waals surface area contributed by atoms with Crippen molar-refractivity contribution in [3.8, 4) is 0 Å². The SMILES string of the molecule is CC(C)(C)C(N)Cc1c(F)ccc(Br)c1F. The van der Waals surface area contributed by atoms with Gasteiger partial charge in [0.25, 0.3) is 0 Å². The molecule has 1 nitrogen and oxygen atoms in total. The molecule has 0 bridgehead atoms. The van der Waals surface area contributed by atoms with Gasteiger partial charge in [-0.05, 0) is 39.9 Å². The second-order valence-corrected chi connectivity index (χ2v) is 5.85. The van der Waals surface area contributed by atoms with Crippen LogP contribution < -0.4 is 5.73 Å². The molecule has 0 amide bonds. The molecule has 16 heavy (non-hydrogen) atoms. The van der Waals surface area contributed by atoms with Gasteiger partial charge in [0.2, 0.25) is 0 Å². The quantitative estimate of drug-likeness (QED) is 0.827. The first-order valence-electron chi connectivity index (χ1n) is 5.11. The zero-order valence-corrected chi connectivity index (χ0v) is 11.2. The second kappa shape index (κ2) is 4.80. The minimum Gasteiger partial charge on any atom is -0.327 e. The summed E-state index contributed by atoms with van der Waals surface area (Å²) in [6.45, 7) is 5.85. The Morgan fingerprint density at radius 3 is 2.38 bits per heavy atom. The van der Waals surface area contributed by atoms with Crippen molar-refractivity contribution >= 4 is 15.9 Å². The zero-order valence-electron chi connectivity index (χ0n) is 9.65. The van der Waals surface area contributed by atoms with Crippen LogP contribution in [-0.2, 0) is 6.42 Å². The molecule has 0 aliphatic rings. The van der Waals surface area contributed by atoms with Gasteiger partial charge in [0, 0.05) is 11.6 Å². The van der Waals surface area contributed by atoms with Crippen molar-refractivity contribution in [2.24, 2.45) is 11.1 Å². The van der Waals surface area contributed by atoms with Crippen molar-refractivity contribution in [3.05, 3.63) is 33.8 Å². The molecule has 0 aliphatic carbocycles. The largest absolute Gasteiger partial charge is 0.327 e. The van der Waals surface area contributed by atoms with E-state index in [1.165, 1.54) is 12.1 Å². The van der Waals surface area contributed by atoms with E-state index in [1.54, 1.807) is 0 Å². The number of nitrogens with two attached hydrogens (primary N) is 1. The summed E-state index contributed by atoms with van der Waals surface area (Å²) in [5.74, 6) is -1.10. The summed E-state index contributed by atoms with van der Waals surface area (Å²) < 4.78 is 27.4. The smallest absolute Gasteiger partial charge is 0.143 e. The average Bonchev–Trinajstić information content (AvgIpc) is 2.17. The molecule has 0 radical (unpaired) electrons. The van der Waals surface area contributed by atoms with Crippen molar-refractivity contribution in [1.82, 2.24) is 0 Å². The van der Waals surface area contributed by atoms with Gasteiger partial charge in [0.05, 0.1) is 4.47 Å². The normalized spacial score (nSPS) is 13.9. The van der Waals surface area contributed by atoms with E-state index >= 15 is 0 Å². The topological polar surface area (TPSA) is 26.0 Å². The van der Waals surface area contributed by atoms with E-state index in [2.05, 4.69) is 15.9 Å². The molecular formula is C12H16BrF2N. The highest BCUT2D eigenvalue weighted by Crippen LogP contribution is 2.26. The lowest BCUT2D eigenvalue weighted by atomic mass is 9.83. The summed E-state index contributed by atoms with van der Waals surface area (Å²) >= 11 is 3.04. The molecule has 1 unspecified atom stereocenters. The fourth-order valence-corrected chi connectivity index (χ4v) is 1.65. The molecule has 1 aromatic carbocycles. The Morgan fingerprint density at radius 2 is 1.88 bits per heavy atom. The van der Waals surface area contributed by atoms with Gasteiger partial charge >= 0.3 is 0 Å². The molecule has 0 fully saturated rings. The van der Waals surface area contributed by atoms with Crippen LogP contribution in [0.25, 0.3) is 0 Å². The second-order valence-electron chi connectivity index (χ2n) is 5.00. The fraction of sp³-hybridized carbons (Fsp3) is 0.500. The van der Waals surface area contributed by atoms with Crippen LogP contribution in [0.1, 0.15) is 26.3 Å². The summed E-state index contributed by atoms with van der Waals surface area (Å²) in [4.78, 5) is 0. The van der Waals surface area contributed by atoms with E-state index in [0.717, 1.165) is 0 Å². The lowest BCUT2D eigenvalue weighted by molar-refractivity contribution is 0.313. The molecule has 0 saturated heterocycles. The van der Waals surface area contributed by atoms with Gasteiger partial charge in [-0.2, -0.15) is 0 Å². The Labute approximate surface area is 103 Å². The van der Waals surface area contributed by atoms with Crippen molar-refractivity contribution in [3.63, 3.8) is 0 Å². The lowest BCUT2D eigenvalue weighted by Crippen LogP contribution is -2.37. The Morgan fingerprint density at radius 1 is 1.31 bits per heavy atom. The third kappa shape index (κ3) is 3.01. The van der Waals surface area contributed by atoms with Crippen molar-refractivity contribution in [1.29, 1.82) is 0 Å². The molecule has 1 rings (SSSR count). The van der Waals surface area contributed by atoms with E-state index in [4.69, 9.17) is 5.73 Å². The van der Waals surface area contributed by atoms with Crippen LogP contribution in [-0.4, -0.2) is 6.04 Å². The van der Waals surface area contributed by atoms with E-state index in [0.29, 0.717) is 0 Å². The van der Waals surface area contributed by atoms with Gasteiger partial charge in [0.15, 0.2) is 0 Å². The number of hydrogen-bond donors (Lipinski definition) is 1. The summed E-state index contributed by atoms with van der Waals surface area (Å²) in [5, 5.41) is 0. The van der Waals surface area contributed by atoms with Crippen LogP contribution in [0.15, 0.2) is 16.6 Å². The first-order chi connectivity index (χ1) is 7.23. The van der Waals surface area contributed by atoms with Crippen LogP contribution in [0, 0.1) is 17.0 Å². The fourth-order valence-electron chi connectivity index (χ4n) is 1.28. The number of rotatable bonds is 2. The van der Waals surface area contributed by atoms with Crippen molar-refractivity contribution in [2.75, 3.05) is 0 Å². The molecular weight excluding hydrogens is 276 g/mol. The molecule has 0 aromatic heterocycles. The van der Waals surface area contributed by atoms with Gasteiger partial charge in [-0.1, -0.05) is 20.8 Å². The molecule has 2 N–H and O–H groups in total. The summed E-state index contributed by atoms with van der Waals surface area (Å²) in [5.41, 5.74) is 5.80. The standard InChI is InChI=1S/C12H16BrF2N/c1-12(2,3)10(16)6-7-9(14)5-4-8(13)11(7)15/h4-5,10H,6,16H2,1-3H3. The number of hydrogen-bond acceptors (Lipinski definition) is 1. The van der Waals surface area contributed by atoms with Gasteiger partial charge in [-0.3, -0.25) is 0 Å². The highest BCUT2D eigenvalue weighted by Gasteiger charge is 2.24. The molecule has 4 heteroatoms. The Balaban J connectivity index is 3.02. The summed E-state index contributed by atoms with van der Waals surface area (Å²) in [7, 11) is 0. The maximum absolute atomic E-state index is 13.7. The van der Waals surface area contributed by atoms with Crippen LogP contribution in [0.2, 0.25) is 0 Å². The predicted molar refractivity (Wildman–Crippen MR) is 65.2 cm³/mol. The molecule has 90 valence electrons. The molecule has 0 spiro atoms. The van der Waals surface area contributed by atoms with Crippen LogP contribution in [0.5, 0.6) is 0 Å². The van der Waals surface area contributed by atoms with E-state index in [1.807, 2.05) is 20.8 Å². The number of halogens is 3. The predicted octanol–water partition coefficient (Wildman–Crippen LogP) is 3.64. The van der Waals surface area contributed by atoms with E-state index in [9.17, 15) is 8.78 Å². The Hall–Kier alpha value is -0.480. The van der Waals surface area contributed by atoms with Gasteiger partial charge < -0.3 is 5.73 Å². The Kier molecular flexibility index (Phi) is 4.07. The van der Waals surface area contributed by atoms with Gasteiger partial charge in [0.1, 0.15) is 11.6 Å². The first-order valence-corrected chi connectivity index (χ1v) is 5.90. The Bertz CT molecular complexity index is 385. The van der Waals surface area contributed by atoms with Crippen molar-refractivity contribution in [2.45, 2.75) is 33.2 Å². The molecule has 0 aliphatic heterocycles. The number of benzene rings is 1. The van der Waals surface area contributed by atoms with Crippen LogP contribution in [0.3, 0.4) is 0 Å². The zero-order chi connectivity index (χ0) is 12.5. The molecule has 1 atom stereocenters. The van der Waals surface area contributed by atoms with Crippen LogP contribution >= 0.6 is 15.9 Å².